The molecule has 5 nitrogen and oxygen atoms in total. The highest BCUT2D eigenvalue weighted by molar-refractivity contribution is 9.10. The van der Waals surface area contributed by atoms with E-state index >= 15 is 0 Å². The van der Waals surface area contributed by atoms with Crippen LogP contribution in [-0.4, -0.2) is 24.7 Å². The van der Waals surface area contributed by atoms with Gasteiger partial charge in [0.25, 0.3) is 0 Å². The molecular formula is C33H24BrN5. The average Bonchev–Trinajstić information content (AvgIpc) is 3.56. The molecule has 0 saturated carbocycles. The van der Waals surface area contributed by atoms with Crippen LogP contribution in [0.5, 0.6) is 0 Å². The number of aromatic amines is 1. The number of H-pyrrole nitrogens is 1. The molecule has 0 radical (unpaired) electrons. The summed E-state index contributed by atoms with van der Waals surface area (Å²) >= 11 is 3.56. The van der Waals surface area contributed by atoms with Gasteiger partial charge in [0.2, 0.25) is 0 Å². The van der Waals surface area contributed by atoms with Crippen LogP contribution < -0.4 is 0 Å². The molecule has 0 aliphatic heterocycles. The Morgan fingerprint density at radius 3 is 1.92 bits per heavy atom. The van der Waals surface area contributed by atoms with Crippen LogP contribution >= 0.6 is 15.9 Å². The van der Waals surface area contributed by atoms with E-state index in [9.17, 15) is 0 Å². The minimum Gasteiger partial charge on any atom is -0.353 e. The molecule has 0 aliphatic rings. The van der Waals surface area contributed by atoms with Crippen LogP contribution in [0.25, 0.3) is 33.5 Å². The number of halogens is 1. The third kappa shape index (κ3) is 3.79. The lowest BCUT2D eigenvalue weighted by Crippen LogP contribution is -2.38. The molecule has 7 aromatic rings. The van der Waals surface area contributed by atoms with Crippen molar-refractivity contribution in [1.82, 2.24) is 24.7 Å². The standard InChI is InChI=1S/C33H24BrN5/c1-22-17-18-23-20-28(36-27(23)19-22)30-31-32(35-21-29(34)37-31)39(38-30)33(24-11-5-2-6-12-24,25-13-7-3-8-14-25)26-15-9-4-10-16-26/h2-21,36H,1H3. The van der Waals surface area contributed by atoms with Crippen LogP contribution in [0.15, 0.2) is 126 Å². The van der Waals surface area contributed by atoms with E-state index in [1.165, 1.54) is 5.56 Å². The summed E-state index contributed by atoms with van der Waals surface area (Å²) in [5.74, 6) is 0. The molecule has 0 aliphatic carbocycles. The number of nitrogens with zero attached hydrogens (tertiary/aromatic N) is 4. The zero-order valence-electron chi connectivity index (χ0n) is 21.2. The van der Waals surface area contributed by atoms with E-state index in [0.717, 1.165) is 44.5 Å². The van der Waals surface area contributed by atoms with Crippen molar-refractivity contribution in [3.05, 3.63) is 148 Å². The number of benzene rings is 4. The van der Waals surface area contributed by atoms with Crippen molar-refractivity contribution in [2.45, 2.75) is 12.5 Å². The van der Waals surface area contributed by atoms with Crippen molar-refractivity contribution in [2.24, 2.45) is 0 Å². The van der Waals surface area contributed by atoms with E-state index in [4.69, 9.17) is 15.1 Å². The van der Waals surface area contributed by atoms with Gasteiger partial charge in [-0.15, -0.1) is 0 Å². The Morgan fingerprint density at radius 1 is 0.744 bits per heavy atom. The van der Waals surface area contributed by atoms with Gasteiger partial charge in [-0.2, -0.15) is 5.10 Å². The van der Waals surface area contributed by atoms with Crippen LogP contribution in [0.3, 0.4) is 0 Å². The topological polar surface area (TPSA) is 59.4 Å². The number of nitrogens with one attached hydrogen (secondary N) is 1. The molecule has 39 heavy (non-hydrogen) atoms. The molecule has 1 N–H and O–H groups in total. The Bertz CT molecular complexity index is 1830. The predicted molar refractivity (Wildman–Crippen MR) is 160 cm³/mol. The summed E-state index contributed by atoms with van der Waals surface area (Å²) in [5.41, 5.74) is 7.77. The number of aryl methyl sites for hydroxylation is 1. The number of hydrogen-bond acceptors (Lipinski definition) is 3. The van der Waals surface area contributed by atoms with Crippen molar-refractivity contribution < 1.29 is 0 Å². The van der Waals surface area contributed by atoms with Crippen molar-refractivity contribution in [2.75, 3.05) is 0 Å². The molecule has 4 aromatic carbocycles. The first-order valence-corrected chi connectivity index (χ1v) is 13.6. The summed E-state index contributed by atoms with van der Waals surface area (Å²) in [4.78, 5) is 13.4. The maximum Gasteiger partial charge on any atom is 0.179 e. The first-order chi connectivity index (χ1) is 19.1. The molecule has 0 bridgehead atoms. The minimum atomic E-state index is -0.800. The van der Waals surface area contributed by atoms with E-state index in [1.54, 1.807) is 6.20 Å². The van der Waals surface area contributed by atoms with Gasteiger partial charge >= 0.3 is 0 Å². The first-order valence-electron chi connectivity index (χ1n) is 12.8. The number of rotatable bonds is 5. The molecule has 0 amide bonds. The normalized spacial score (nSPS) is 11.8. The van der Waals surface area contributed by atoms with Gasteiger partial charge in [-0.3, -0.25) is 0 Å². The number of fused-ring (bicyclic) bond motifs is 2. The maximum absolute atomic E-state index is 5.36. The van der Waals surface area contributed by atoms with Crippen LogP contribution in [0.4, 0.5) is 0 Å². The Morgan fingerprint density at radius 2 is 1.33 bits per heavy atom. The zero-order chi connectivity index (χ0) is 26.4. The van der Waals surface area contributed by atoms with Crippen LogP contribution in [-0.2, 0) is 5.54 Å². The van der Waals surface area contributed by atoms with E-state index < -0.39 is 5.54 Å². The number of hydrogen-bond donors (Lipinski definition) is 1. The summed E-state index contributed by atoms with van der Waals surface area (Å²) in [7, 11) is 0. The summed E-state index contributed by atoms with van der Waals surface area (Å²) in [6, 6.07) is 40.1. The van der Waals surface area contributed by atoms with Crippen molar-refractivity contribution in [3.8, 4) is 11.4 Å². The highest BCUT2D eigenvalue weighted by atomic mass is 79.9. The molecule has 0 fully saturated rings. The molecular weight excluding hydrogens is 546 g/mol. The Hall–Kier alpha value is -4.55. The number of aromatic nitrogens is 5. The van der Waals surface area contributed by atoms with Gasteiger partial charge in [-0.05, 0) is 57.2 Å². The summed E-state index contributed by atoms with van der Waals surface area (Å²) < 4.78 is 2.71. The van der Waals surface area contributed by atoms with Gasteiger partial charge in [0, 0.05) is 10.9 Å². The van der Waals surface area contributed by atoms with E-state index in [1.807, 2.05) is 22.9 Å². The highest BCUT2D eigenvalue weighted by Gasteiger charge is 2.41. The third-order valence-corrected chi connectivity index (χ3v) is 7.66. The second-order valence-corrected chi connectivity index (χ2v) is 10.5. The lowest BCUT2D eigenvalue weighted by Gasteiger charge is -2.36. The monoisotopic (exact) mass is 569 g/mol. The predicted octanol–water partition coefficient (Wildman–Crippen LogP) is 7.89. The first kappa shape index (κ1) is 23.6. The van der Waals surface area contributed by atoms with E-state index in [2.05, 4.69) is 125 Å². The van der Waals surface area contributed by atoms with E-state index in [0.29, 0.717) is 10.3 Å². The molecule has 7 rings (SSSR count). The summed E-state index contributed by atoms with van der Waals surface area (Å²) in [5, 5.41) is 6.49. The minimum absolute atomic E-state index is 0.660. The lowest BCUT2D eigenvalue weighted by atomic mass is 9.77. The molecule has 3 heterocycles. The third-order valence-electron chi connectivity index (χ3n) is 7.27. The van der Waals surface area contributed by atoms with Gasteiger partial charge in [0.15, 0.2) is 5.65 Å². The summed E-state index contributed by atoms with van der Waals surface area (Å²) in [6.45, 7) is 2.10. The maximum atomic E-state index is 5.36. The fraction of sp³-hybridized carbons (Fsp3) is 0.0606. The summed E-state index contributed by atoms with van der Waals surface area (Å²) in [6.07, 6.45) is 1.74. The van der Waals surface area contributed by atoms with Gasteiger partial charge in [-0.25, -0.2) is 14.6 Å². The quantitative estimate of drug-likeness (QED) is 0.214. The van der Waals surface area contributed by atoms with Gasteiger partial charge in [0.1, 0.15) is 21.4 Å². The van der Waals surface area contributed by atoms with Crippen molar-refractivity contribution in [1.29, 1.82) is 0 Å². The molecule has 0 unspecified atom stereocenters. The second-order valence-electron chi connectivity index (χ2n) is 9.71. The largest absolute Gasteiger partial charge is 0.353 e. The smallest absolute Gasteiger partial charge is 0.179 e. The lowest BCUT2D eigenvalue weighted by molar-refractivity contribution is 0.473. The van der Waals surface area contributed by atoms with Crippen LogP contribution in [0.2, 0.25) is 0 Å². The Labute approximate surface area is 234 Å². The SMILES string of the molecule is Cc1ccc2cc(-c3nn(C(c4ccccc4)(c4ccccc4)c4ccccc4)c4ncc(Br)nc34)[nH]c2c1. The molecule has 188 valence electrons. The zero-order valence-corrected chi connectivity index (χ0v) is 22.8. The van der Waals surface area contributed by atoms with Gasteiger partial charge in [0.05, 0.1) is 11.9 Å². The molecule has 0 spiro atoms. The fourth-order valence-corrected chi connectivity index (χ4v) is 5.84. The second kappa shape index (κ2) is 9.33. The van der Waals surface area contributed by atoms with Crippen LogP contribution in [0.1, 0.15) is 22.3 Å². The molecule has 0 atom stereocenters. The molecule has 0 saturated heterocycles. The van der Waals surface area contributed by atoms with Crippen LogP contribution in [0, 0.1) is 6.92 Å². The highest BCUT2D eigenvalue weighted by Crippen LogP contribution is 2.43. The molecule has 6 heteroatoms. The van der Waals surface area contributed by atoms with Crippen molar-refractivity contribution >= 4 is 38.0 Å². The van der Waals surface area contributed by atoms with Crippen molar-refractivity contribution in [3.63, 3.8) is 0 Å². The fourth-order valence-electron chi connectivity index (χ4n) is 5.56. The Kier molecular flexibility index (Phi) is 5.63. The van der Waals surface area contributed by atoms with Gasteiger partial charge < -0.3 is 4.98 Å². The molecule has 3 aromatic heterocycles. The Balaban J connectivity index is 1.62. The van der Waals surface area contributed by atoms with Gasteiger partial charge in [-0.1, -0.05) is 103 Å². The van der Waals surface area contributed by atoms with E-state index in [-0.39, 0.29) is 0 Å². The average molecular weight is 570 g/mol.